The van der Waals surface area contributed by atoms with Crippen LogP contribution in [0.25, 0.3) is 0 Å². The SMILES string of the molecule is Cc1cc(C)c(CC2CNCCN2)cc1C. The molecule has 2 rings (SSSR count). The van der Waals surface area contributed by atoms with E-state index in [4.69, 9.17) is 0 Å². The summed E-state index contributed by atoms with van der Waals surface area (Å²) >= 11 is 0. The van der Waals surface area contributed by atoms with Gasteiger partial charge in [0.25, 0.3) is 0 Å². The van der Waals surface area contributed by atoms with Crippen molar-refractivity contribution < 1.29 is 0 Å². The van der Waals surface area contributed by atoms with Crippen LogP contribution in [0.2, 0.25) is 0 Å². The summed E-state index contributed by atoms with van der Waals surface area (Å²) in [6.45, 7) is 9.89. The zero-order chi connectivity index (χ0) is 11.5. The molecule has 1 unspecified atom stereocenters. The monoisotopic (exact) mass is 218 g/mol. The van der Waals surface area contributed by atoms with Crippen molar-refractivity contribution in [1.82, 2.24) is 10.6 Å². The van der Waals surface area contributed by atoms with Crippen LogP contribution in [0.15, 0.2) is 12.1 Å². The molecule has 88 valence electrons. The molecule has 0 bridgehead atoms. The van der Waals surface area contributed by atoms with Gasteiger partial charge in [-0.2, -0.15) is 0 Å². The van der Waals surface area contributed by atoms with Gasteiger partial charge in [-0.1, -0.05) is 12.1 Å². The molecule has 1 saturated heterocycles. The second kappa shape index (κ2) is 4.98. The molecule has 1 aromatic carbocycles. The van der Waals surface area contributed by atoms with Gasteiger partial charge in [-0.3, -0.25) is 0 Å². The maximum absolute atomic E-state index is 3.57. The molecular formula is C14H22N2. The zero-order valence-corrected chi connectivity index (χ0v) is 10.6. The van der Waals surface area contributed by atoms with Crippen LogP contribution in [0.4, 0.5) is 0 Å². The van der Waals surface area contributed by atoms with Gasteiger partial charge >= 0.3 is 0 Å². The standard InChI is InChI=1S/C14H22N2/c1-10-6-12(3)13(7-11(10)2)8-14-9-15-4-5-16-14/h6-7,14-16H,4-5,8-9H2,1-3H3. The van der Waals surface area contributed by atoms with E-state index in [9.17, 15) is 0 Å². The number of benzene rings is 1. The van der Waals surface area contributed by atoms with Crippen LogP contribution in [0.5, 0.6) is 0 Å². The third-order valence-electron chi connectivity index (χ3n) is 3.54. The molecule has 2 nitrogen and oxygen atoms in total. The predicted octanol–water partition coefficient (Wildman–Crippen LogP) is 1.72. The number of rotatable bonds is 2. The van der Waals surface area contributed by atoms with Gasteiger partial charge in [-0.15, -0.1) is 0 Å². The van der Waals surface area contributed by atoms with Crippen molar-refractivity contribution in [3.63, 3.8) is 0 Å². The first-order valence-corrected chi connectivity index (χ1v) is 6.17. The van der Waals surface area contributed by atoms with Crippen LogP contribution in [-0.4, -0.2) is 25.7 Å². The third kappa shape index (κ3) is 2.63. The minimum atomic E-state index is 0.592. The van der Waals surface area contributed by atoms with Crippen molar-refractivity contribution >= 4 is 0 Å². The zero-order valence-electron chi connectivity index (χ0n) is 10.6. The summed E-state index contributed by atoms with van der Waals surface area (Å²) in [6, 6.07) is 5.25. The van der Waals surface area contributed by atoms with Gasteiger partial charge in [0.05, 0.1) is 0 Å². The van der Waals surface area contributed by atoms with Gasteiger partial charge in [-0.05, 0) is 49.4 Å². The Hall–Kier alpha value is -0.860. The molecule has 0 amide bonds. The second-order valence-corrected chi connectivity index (χ2v) is 4.92. The highest BCUT2D eigenvalue weighted by molar-refractivity contribution is 5.36. The summed E-state index contributed by atoms with van der Waals surface area (Å²) < 4.78 is 0. The Bertz CT molecular complexity index is 365. The Labute approximate surface area is 98.4 Å². The molecule has 2 heteroatoms. The lowest BCUT2D eigenvalue weighted by atomic mass is 9.95. The number of aryl methyl sites for hydroxylation is 3. The van der Waals surface area contributed by atoms with Crippen LogP contribution in [-0.2, 0) is 6.42 Å². The highest BCUT2D eigenvalue weighted by Gasteiger charge is 2.13. The molecule has 0 aromatic heterocycles. The van der Waals surface area contributed by atoms with Crippen LogP contribution >= 0.6 is 0 Å². The Balaban J connectivity index is 2.11. The van der Waals surface area contributed by atoms with Crippen LogP contribution in [0, 0.1) is 20.8 Å². The van der Waals surface area contributed by atoms with Gasteiger partial charge in [0.15, 0.2) is 0 Å². The highest BCUT2D eigenvalue weighted by atomic mass is 15.0. The van der Waals surface area contributed by atoms with Gasteiger partial charge < -0.3 is 10.6 Å². The first kappa shape index (κ1) is 11.6. The number of piperazine rings is 1. The number of hydrogen-bond donors (Lipinski definition) is 2. The maximum atomic E-state index is 3.57. The number of hydrogen-bond acceptors (Lipinski definition) is 2. The van der Waals surface area contributed by atoms with Crippen molar-refractivity contribution in [3.8, 4) is 0 Å². The van der Waals surface area contributed by atoms with E-state index in [2.05, 4.69) is 43.5 Å². The third-order valence-corrected chi connectivity index (χ3v) is 3.54. The van der Waals surface area contributed by atoms with Gasteiger partial charge in [0.2, 0.25) is 0 Å². The van der Waals surface area contributed by atoms with Gasteiger partial charge in [-0.25, -0.2) is 0 Å². The average molecular weight is 218 g/mol. The minimum absolute atomic E-state index is 0.592. The topological polar surface area (TPSA) is 24.1 Å². The Morgan fingerprint density at radius 1 is 1.06 bits per heavy atom. The highest BCUT2D eigenvalue weighted by Crippen LogP contribution is 2.17. The van der Waals surface area contributed by atoms with Crippen molar-refractivity contribution in [2.75, 3.05) is 19.6 Å². The van der Waals surface area contributed by atoms with Gasteiger partial charge in [0.1, 0.15) is 0 Å². The van der Waals surface area contributed by atoms with E-state index < -0.39 is 0 Å². The fourth-order valence-electron chi connectivity index (χ4n) is 2.36. The largest absolute Gasteiger partial charge is 0.314 e. The smallest absolute Gasteiger partial charge is 0.0233 e. The van der Waals surface area contributed by atoms with Crippen LogP contribution in [0.1, 0.15) is 22.3 Å². The van der Waals surface area contributed by atoms with Crippen molar-refractivity contribution in [2.45, 2.75) is 33.2 Å². The second-order valence-electron chi connectivity index (χ2n) is 4.92. The molecule has 1 atom stereocenters. The van der Waals surface area contributed by atoms with Crippen molar-refractivity contribution in [1.29, 1.82) is 0 Å². The van der Waals surface area contributed by atoms with E-state index in [-0.39, 0.29) is 0 Å². The Morgan fingerprint density at radius 3 is 2.50 bits per heavy atom. The summed E-state index contributed by atoms with van der Waals surface area (Å²) in [5, 5.41) is 7.00. The molecule has 0 saturated carbocycles. The first-order valence-electron chi connectivity index (χ1n) is 6.17. The molecule has 1 fully saturated rings. The molecular weight excluding hydrogens is 196 g/mol. The fourth-order valence-corrected chi connectivity index (χ4v) is 2.36. The van der Waals surface area contributed by atoms with E-state index in [0.717, 1.165) is 26.1 Å². The Kier molecular flexibility index (Phi) is 3.62. The summed E-state index contributed by atoms with van der Waals surface area (Å²) in [5.74, 6) is 0. The van der Waals surface area contributed by atoms with E-state index in [1.54, 1.807) is 0 Å². The lowest BCUT2D eigenvalue weighted by molar-refractivity contribution is 0.416. The molecule has 2 N–H and O–H groups in total. The lowest BCUT2D eigenvalue weighted by Gasteiger charge is -2.25. The molecule has 0 aliphatic carbocycles. The predicted molar refractivity (Wildman–Crippen MR) is 69.0 cm³/mol. The molecule has 1 heterocycles. The van der Waals surface area contributed by atoms with E-state index >= 15 is 0 Å². The summed E-state index contributed by atoms with van der Waals surface area (Å²) in [5.41, 5.74) is 5.72. The minimum Gasteiger partial charge on any atom is -0.314 e. The summed E-state index contributed by atoms with van der Waals surface area (Å²) in [6.07, 6.45) is 1.14. The van der Waals surface area contributed by atoms with Crippen LogP contribution < -0.4 is 10.6 Å². The van der Waals surface area contributed by atoms with E-state index in [0.29, 0.717) is 6.04 Å². The van der Waals surface area contributed by atoms with Crippen LogP contribution in [0.3, 0.4) is 0 Å². The van der Waals surface area contributed by atoms with E-state index in [1.165, 1.54) is 22.3 Å². The molecule has 0 spiro atoms. The van der Waals surface area contributed by atoms with Gasteiger partial charge in [0, 0.05) is 25.7 Å². The average Bonchev–Trinajstić information content (AvgIpc) is 2.27. The summed E-state index contributed by atoms with van der Waals surface area (Å²) in [4.78, 5) is 0. The molecule has 1 aliphatic rings. The Morgan fingerprint density at radius 2 is 1.81 bits per heavy atom. The lowest BCUT2D eigenvalue weighted by Crippen LogP contribution is -2.49. The molecule has 0 radical (unpaired) electrons. The maximum Gasteiger partial charge on any atom is 0.0233 e. The fraction of sp³-hybridized carbons (Fsp3) is 0.571. The molecule has 1 aliphatic heterocycles. The summed E-state index contributed by atoms with van der Waals surface area (Å²) in [7, 11) is 0. The van der Waals surface area contributed by atoms with E-state index in [1.807, 2.05) is 0 Å². The molecule has 16 heavy (non-hydrogen) atoms. The van der Waals surface area contributed by atoms with Crippen molar-refractivity contribution in [2.24, 2.45) is 0 Å². The number of nitrogens with one attached hydrogen (secondary N) is 2. The van der Waals surface area contributed by atoms with Crippen molar-refractivity contribution in [3.05, 3.63) is 34.4 Å². The normalized spacial score (nSPS) is 21.1. The molecule has 1 aromatic rings. The quantitative estimate of drug-likeness (QED) is 0.790. The first-order chi connectivity index (χ1) is 7.66.